The molecule has 0 saturated carbocycles. The second-order valence-electron chi connectivity index (χ2n) is 6.68. The van der Waals surface area contributed by atoms with Crippen LogP contribution in [0.15, 0.2) is 24.3 Å². The van der Waals surface area contributed by atoms with E-state index < -0.39 is 11.7 Å². The summed E-state index contributed by atoms with van der Waals surface area (Å²) in [6, 6.07) is 7.19. The van der Waals surface area contributed by atoms with Crippen molar-refractivity contribution in [2.45, 2.75) is 51.9 Å². The van der Waals surface area contributed by atoms with E-state index in [1.54, 1.807) is 12.1 Å². The van der Waals surface area contributed by atoms with Gasteiger partial charge in [-0.05, 0) is 58.9 Å². The highest BCUT2D eigenvalue weighted by molar-refractivity contribution is 5.84. The summed E-state index contributed by atoms with van der Waals surface area (Å²) in [5, 5.41) is 2.68. The zero-order valence-electron chi connectivity index (χ0n) is 13.2. The van der Waals surface area contributed by atoms with Gasteiger partial charge in [-0.3, -0.25) is 5.32 Å². The highest BCUT2D eigenvalue weighted by Gasteiger charge is 2.41. The molecule has 1 heterocycles. The fourth-order valence-corrected chi connectivity index (χ4v) is 1.85. The van der Waals surface area contributed by atoms with Gasteiger partial charge in [0.1, 0.15) is 23.1 Å². The second-order valence-corrected chi connectivity index (χ2v) is 6.68. The molecule has 1 unspecified atom stereocenters. The number of rotatable bonds is 4. The molecule has 1 N–H and O–H groups in total. The van der Waals surface area contributed by atoms with Crippen LogP contribution in [0.4, 0.5) is 10.5 Å². The van der Waals surface area contributed by atoms with Gasteiger partial charge in [-0.1, -0.05) is 0 Å². The Bertz CT molecular complexity index is 498. The van der Waals surface area contributed by atoms with E-state index in [1.165, 1.54) is 0 Å². The van der Waals surface area contributed by atoms with Gasteiger partial charge in [0.15, 0.2) is 0 Å². The van der Waals surface area contributed by atoms with Gasteiger partial charge in [-0.2, -0.15) is 0 Å². The van der Waals surface area contributed by atoms with Crippen LogP contribution in [0.1, 0.15) is 34.6 Å². The highest BCUT2D eigenvalue weighted by atomic mass is 16.6. The van der Waals surface area contributed by atoms with Crippen molar-refractivity contribution < 1.29 is 19.0 Å². The van der Waals surface area contributed by atoms with Crippen LogP contribution in [0.25, 0.3) is 0 Å². The Hall–Kier alpha value is -1.75. The second kappa shape index (κ2) is 5.56. The monoisotopic (exact) mass is 293 g/mol. The molecule has 5 heteroatoms. The minimum Gasteiger partial charge on any atom is -0.485 e. The summed E-state index contributed by atoms with van der Waals surface area (Å²) in [6.45, 7) is 10.2. The van der Waals surface area contributed by atoms with Crippen LogP contribution in [0.2, 0.25) is 0 Å². The molecule has 0 aliphatic carbocycles. The molecule has 116 valence electrons. The predicted octanol–water partition coefficient (Wildman–Crippen LogP) is 3.59. The number of hydrogen-bond acceptors (Lipinski definition) is 4. The summed E-state index contributed by atoms with van der Waals surface area (Å²) >= 11 is 0. The quantitative estimate of drug-likeness (QED) is 0.862. The van der Waals surface area contributed by atoms with Crippen LogP contribution >= 0.6 is 0 Å². The van der Waals surface area contributed by atoms with Gasteiger partial charge < -0.3 is 14.2 Å². The Balaban J connectivity index is 1.91. The number of epoxide rings is 1. The Labute approximate surface area is 125 Å². The predicted molar refractivity (Wildman–Crippen MR) is 80.7 cm³/mol. The van der Waals surface area contributed by atoms with Crippen molar-refractivity contribution in [1.82, 2.24) is 0 Å². The fourth-order valence-electron chi connectivity index (χ4n) is 1.85. The molecular weight excluding hydrogens is 270 g/mol. The van der Waals surface area contributed by atoms with Crippen molar-refractivity contribution in [3.63, 3.8) is 0 Å². The standard InChI is InChI=1S/C16H23NO4/c1-15(2,3)21-14(18)17-11-6-8-12(9-7-11)20-16(4,5)13-10-19-13/h6-9,13H,10H2,1-5H3,(H,17,18). The van der Waals surface area contributed by atoms with Gasteiger partial charge >= 0.3 is 6.09 Å². The minimum atomic E-state index is -0.512. The molecule has 1 fully saturated rings. The lowest BCUT2D eigenvalue weighted by Gasteiger charge is -2.24. The lowest BCUT2D eigenvalue weighted by Crippen LogP contribution is -2.34. The average molecular weight is 293 g/mol. The summed E-state index contributed by atoms with van der Waals surface area (Å²) in [7, 11) is 0. The van der Waals surface area contributed by atoms with Crippen LogP contribution in [0.3, 0.4) is 0 Å². The summed E-state index contributed by atoms with van der Waals surface area (Å²) in [5.41, 5.74) is -0.196. The van der Waals surface area contributed by atoms with Gasteiger partial charge in [0.05, 0.1) is 6.61 Å². The average Bonchev–Trinajstić information content (AvgIpc) is 3.12. The van der Waals surface area contributed by atoms with Gasteiger partial charge in [-0.15, -0.1) is 0 Å². The zero-order chi connectivity index (χ0) is 15.7. The first-order chi connectivity index (χ1) is 9.66. The van der Waals surface area contributed by atoms with Gasteiger partial charge in [0.25, 0.3) is 0 Å². The van der Waals surface area contributed by atoms with E-state index in [0.717, 1.165) is 12.4 Å². The van der Waals surface area contributed by atoms with E-state index in [2.05, 4.69) is 5.32 Å². The van der Waals surface area contributed by atoms with Crippen molar-refractivity contribution in [2.75, 3.05) is 11.9 Å². The first-order valence-electron chi connectivity index (χ1n) is 7.06. The molecule has 1 amide bonds. The highest BCUT2D eigenvalue weighted by Crippen LogP contribution is 2.30. The maximum Gasteiger partial charge on any atom is 0.412 e. The largest absolute Gasteiger partial charge is 0.485 e. The zero-order valence-corrected chi connectivity index (χ0v) is 13.2. The smallest absolute Gasteiger partial charge is 0.412 e. The lowest BCUT2D eigenvalue weighted by molar-refractivity contribution is 0.0635. The summed E-state index contributed by atoms with van der Waals surface area (Å²) in [6.07, 6.45) is -0.319. The molecule has 1 atom stereocenters. The molecular formula is C16H23NO4. The van der Waals surface area contributed by atoms with Crippen molar-refractivity contribution in [3.8, 4) is 5.75 Å². The number of amides is 1. The van der Waals surface area contributed by atoms with Crippen LogP contribution in [-0.4, -0.2) is 30.0 Å². The van der Waals surface area contributed by atoms with Crippen LogP contribution in [0, 0.1) is 0 Å². The third-order valence-electron chi connectivity index (χ3n) is 2.99. The Morgan fingerprint density at radius 3 is 2.24 bits per heavy atom. The maximum atomic E-state index is 11.7. The van der Waals surface area contributed by atoms with Crippen molar-refractivity contribution in [3.05, 3.63) is 24.3 Å². The number of carbonyl (C=O) groups excluding carboxylic acids is 1. The van der Waals surface area contributed by atoms with E-state index in [9.17, 15) is 4.79 Å². The number of hydrogen-bond donors (Lipinski definition) is 1. The Morgan fingerprint density at radius 1 is 1.19 bits per heavy atom. The van der Waals surface area contributed by atoms with Crippen LogP contribution in [0.5, 0.6) is 5.75 Å². The van der Waals surface area contributed by atoms with E-state index in [4.69, 9.17) is 14.2 Å². The molecule has 0 spiro atoms. The van der Waals surface area contributed by atoms with Gasteiger partial charge in [0, 0.05) is 5.69 Å². The normalized spacial score (nSPS) is 18.0. The molecule has 1 saturated heterocycles. The van der Waals surface area contributed by atoms with Crippen molar-refractivity contribution >= 4 is 11.8 Å². The molecule has 0 radical (unpaired) electrons. The maximum absolute atomic E-state index is 11.7. The third kappa shape index (κ3) is 4.93. The molecule has 1 aliphatic heterocycles. The van der Waals surface area contributed by atoms with E-state index >= 15 is 0 Å². The van der Waals surface area contributed by atoms with Crippen LogP contribution < -0.4 is 10.1 Å². The molecule has 21 heavy (non-hydrogen) atoms. The topological polar surface area (TPSA) is 60.1 Å². The molecule has 0 aromatic heterocycles. The van der Waals surface area contributed by atoms with E-state index in [0.29, 0.717) is 5.69 Å². The number of nitrogens with one attached hydrogen (secondary N) is 1. The molecule has 5 nitrogen and oxygen atoms in total. The Morgan fingerprint density at radius 2 is 1.76 bits per heavy atom. The van der Waals surface area contributed by atoms with Crippen molar-refractivity contribution in [2.24, 2.45) is 0 Å². The molecule has 1 aromatic rings. The number of ether oxygens (including phenoxy) is 3. The number of benzene rings is 1. The molecule has 0 bridgehead atoms. The van der Waals surface area contributed by atoms with Gasteiger partial charge in [-0.25, -0.2) is 4.79 Å². The molecule has 2 rings (SSSR count). The van der Waals surface area contributed by atoms with Crippen molar-refractivity contribution in [1.29, 1.82) is 0 Å². The summed E-state index contributed by atoms with van der Waals surface area (Å²) < 4.78 is 16.4. The number of carbonyl (C=O) groups is 1. The Kier molecular flexibility index (Phi) is 4.14. The SMILES string of the molecule is CC(C)(C)OC(=O)Nc1ccc(OC(C)(C)C2CO2)cc1. The summed E-state index contributed by atoms with van der Waals surface area (Å²) in [5.74, 6) is 0.741. The molecule has 1 aromatic carbocycles. The summed E-state index contributed by atoms with van der Waals surface area (Å²) in [4.78, 5) is 11.7. The van der Waals surface area contributed by atoms with Gasteiger partial charge in [0.2, 0.25) is 0 Å². The van der Waals surface area contributed by atoms with E-state index in [-0.39, 0.29) is 11.7 Å². The third-order valence-corrected chi connectivity index (χ3v) is 2.99. The molecule has 1 aliphatic rings. The first kappa shape index (κ1) is 15.6. The lowest BCUT2D eigenvalue weighted by atomic mass is 10.1. The number of anilines is 1. The van der Waals surface area contributed by atoms with E-state index in [1.807, 2.05) is 46.8 Å². The minimum absolute atomic E-state index is 0.150. The first-order valence-corrected chi connectivity index (χ1v) is 7.06. The van der Waals surface area contributed by atoms with Crippen LogP contribution in [-0.2, 0) is 9.47 Å². The fraction of sp³-hybridized carbons (Fsp3) is 0.562.